The third kappa shape index (κ3) is 5.20. The fourth-order valence-corrected chi connectivity index (χ4v) is 2.33. The van der Waals surface area contributed by atoms with Crippen molar-refractivity contribution in [1.29, 1.82) is 0 Å². The summed E-state index contributed by atoms with van der Waals surface area (Å²) < 4.78 is 10.6. The number of methoxy groups -OCH3 is 1. The number of para-hydroxylation sites is 1. The highest BCUT2D eigenvalue weighted by Gasteiger charge is 2.16. The third-order valence-corrected chi connectivity index (χ3v) is 3.58. The summed E-state index contributed by atoms with van der Waals surface area (Å²) in [4.78, 5) is 22.3. The number of nitrogens with one attached hydrogen (secondary N) is 1. The maximum atomic E-state index is 11.9. The SMILES string of the molecule is COc1ccccc1CCNC(=O)COc1cc(C)ccc1[N+](=O)[O-]. The normalized spacial score (nSPS) is 10.2. The molecule has 0 aliphatic rings. The van der Waals surface area contributed by atoms with Gasteiger partial charge >= 0.3 is 5.69 Å². The average molecular weight is 344 g/mol. The van der Waals surface area contributed by atoms with Crippen LogP contribution in [0, 0.1) is 17.0 Å². The molecule has 0 bridgehead atoms. The van der Waals surface area contributed by atoms with Crippen LogP contribution >= 0.6 is 0 Å². The average Bonchev–Trinajstić information content (AvgIpc) is 2.60. The molecule has 0 atom stereocenters. The van der Waals surface area contributed by atoms with Gasteiger partial charge in [0.2, 0.25) is 0 Å². The van der Waals surface area contributed by atoms with Crippen molar-refractivity contribution in [1.82, 2.24) is 5.32 Å². The standard InChI is InChI=1S/C18H20N2O5/c1-13-7-8-15(20(22)23)17(11-13)25-12-18(21)19-10-9-14-5-3-4-6-16(14)24-2/h3-8,11H,9-10,12H2,1-2H3,(H,19,21). The van der Waals surface area contributed by atoms with E-state index in [0.29, 0.717) is 13.0 Å². The van der Waals surface area contributed by atoms with Crippen LogP contribution in [0.15, 0.2) is 42.5 Å². The predicted octanol–water partition coefficient (Wildman–Crippen LogP) is 2.65. The smallest absolute Gasteiger partial charge is 0.310 e. The molecular weight excluding hydrogens is 324 g/mol. The minimum absolute atomic E-state index is 0.0879. The molecule has 132 valence electrons. The lowest BCUT2D eigenvalue weighted by atomic mass is 10.1. The highest BCUT2D eigenvalue weighted by atomic mass is 16.6. The molecule has 0 fully saturated rings. The van der Waals surface area contributed by atoms with Crippen LogP contribution in [0.2, 0.25) is 0 Å². The Balaban J connectivity index is 1.85. The first-order valence-electron chi connectivity index (χ1n) is 7.77. The number of nitro benzene ring substituents is 1. The van der Waals surface area contributed by atoms with Gasteiger partial charge in [-0.3, -0.25) is 14.9 Å². The van der Waals surface area contributed by atoms with Gasteiger partial charge in [-0.15, -0.1) is 0 Å². The Hall–Kier alpha value is -3.09. The first kappa shape index (κ1) is 18.3. The van der Waals surface area contributed by atoms with Crippen LogP contribution in [-0.2, 0) is 11.2 Å². The molecule has 0 saturated carbocycles. The van der Waals surface area contributed by atoms with Crippen molar-refractivity contribution in [2.45, 2.75) is 13.3 Å². The number of carbonyl (C=O) groups is 1. The van der Waals surface area contributed by atoms with Gasteiger partial charge in [0.15, 0.2) is 12.4 Å². The van der Waals surface area contributed by atoms with Gasteiger partial charge in [-0.05, 0) is 36.6 Å². The molecule has 0 aliphatic heterocycles. The molecule has 0 spiro atoms. The van der Waals surface area contributed by atoms with Crippen molar-refractivity contribution in [2.24, 2.45) is 0 Å². The molecule has 7 heteroatoms. The van der Waals surface area contributed by atoms with E-state index in [2.05, 4.69) is 5.32 Å². The Labute approximate surface area is 145 Å². The largest absolute Gasteiger partial charge is 0.496 e. The Morgan fingerprint density at radius 2 is 1.96 bits per heavy atom. The van der Waals surface area contributed by atoms with Gasteiger partial charge in [0, 0.05) is 12.6 Å². The summed E-state index contributed by atoms with van der Waals surface area (Å²) >= 11 is 0. The molecule has 7 nitrogen and oxygen atoms in total. The van der Waals surface area contributed by atoms with E-state index < -0.39 is 4.92 Å². The first-order valence-corrected chi connectivity index (χ1v) is 7.77. The van der Waals surface area contributed by atoms with Crippen LogP contribution in [0.4, 0.5) is 5.69 Å². The molecule has 0 saturated heterocycles. The summed E-state index contributed by atoms with van der Waals surface area (Å²) in [5, 5.41) is 13.7. The van der Waals surface area contributed by atoms with Crippen LogP contribution < -0.4 is 14.8 Å². The predicted molar refractivity (Wildman–Crippen MR) is 93.0 cm³/mol. The van der Waals surface area contributed by atoms with Crippen LogP contribution in [0.1, 0.15) is 11.1 Å². The number of hydrogen-bond donors (Lipinski definition) is 1. The van der Waals surface area contributed by atoms with E-state index in [4.69, 9.17) is 9.47 Å². The highest BCUT2D eigenvalue weighted by Crippen LogP contribution is 2.27. The van der Waals surface area contributed by atoms with E-state index >= 15 is 0 Å². The number of benzene rings is 2. The van der Waals surface area contributed by atoms with Crippen LogP contribution in [0.25, 0.3) is 0 Å². The van der Waals surface area contributed by atoms with Crippen molar-refractivity contribution in [3.05, 3.63) is 63.7 Å². The van der Waals surface area contributed by atoms with Gasteiger partial charge < -0.3 is 14.8 Å². The summed E-state index contributed by atoms with van der Waals surface area (Å²) in [5.41, 5.74) is 1.64. The van der Waals surface area contributed by atoms with Crippen molar-refractivity contribution in [3.63, 3.8) is 0 Å². The number of nitro groups is 1. The lowest BCUT2D eigenvalue weighted by Crippen LogP contribution is -2.30. The summed E-state index contributed by atoms with van der Waals surface area (Å²) in [7, 11) is 1.60. The number of nitrogens with zero attached hydrogens (tertiary/aromatic N) is 1. The molecular formula is C18H20N2O5. The Morgan fingerprint density at radius 1 is 1.20 bits per heavy atom. The summed E-state index contributed by atoms with van der Waals surface area (Å²) in [6.07, 6.45) is 0.611. The third-order valence-electron chi connectivity index (χ3n) is 3.58. The number of ether oxygens (including phenoxy) is 2. The second-order valence-electron chi connectivity index (χ2n) is 5.43. The lowest BCUT2D eigenvalue weighted by molar-refractivity contribution is -0.385. The first-order chi connectivity index (χ1) is 12.0. The van der Waals surface area contributed by atoms with E-state index in [1.165, 1.54) is 6.07 Å². The molecule has 0 aromatic heterocycles. The number of amides is 1. The second-order valence-corrected chi connectivity index (χ2v) is 5.43. The number of carbonyl (C=O) groups excluding carboxylic acids is 1. The van der Waals surface area contributed by atoms with Gasteiger partial charge in [-0.1, -0.05) is 24.3 Å². The van der Waals surface area contributed by atoms with Crippen LogP contribution in [0.5, 0.6) is 11.5 Å². The van der Waals surface area contributed by atoms with Gasteiger partial charge in [0.25, 0.3) is 5.91 Å². The molecule has 25 heavy (non-hydrogen) atoms. The maximum absolute atomic E-state index is 11.9. The van der Waals surface area contributed by atoms with Crippen LogP contribution in [0.3, 0.4) is 0 Å². The maximum Gasteiger partial charge on any atom is 0.310 e. The van der Waals surface area contributed by atoms with Gasteiger partial charge in [-0.25, -0.2) is 0 Å². The van der Waals surface area contributed by atoms with Gasteiger partial charge in [0.1, 0.15) is 5.75 Å². The molecule has 2 aromatic carbocycles. The molecule has 0 heterocycles. The molecule has 2 rings (SSSR count). The number of aryl methyl sites for hydroxylation is 1. The van der Waals surface area contributed by atoms with Gasteiger partial charge in [-0.2, -0.15) is 0 Å². The Kier molecular flexibility index (Phi) is 6.33. The Morgan fingerprint density at radius 3 is 2.68 bits per heavy atom. The van der Waals surface area contributed by atoms with E-state index in [0.717, 1.165) is 16.9 Å². The van der Waals surface area contributed by atoms with E-state index in [9.17, 15) is 14.9 Å². The van der Waals surface area contributed by atoms with Crippen molar-refractivity contribution < 1.29 is 19.2 Å². The molecule has 0 radical (unpaired) electrons. The van der Waals surface area contributed by atoms with Crippen LogP contribution in [-0.4, -0.2) is 31.1 Å². The molecule has 0 unspecified atom stereocenters. The zero-order chi connectivity index (χ0) is 18.2. The summed E-state index contributed by atoms with van der Waals surface area (Å²) in [5.74, 6) is 0.513. The van der Waals surface area contributed by atoms with Gasteiger partial charge in [0.05, 0.1) is 12.0 Å². The topological polar surface area (TPSA) is 90.7 Å². The van der Waals surface area contributed by atoms with Crippen molar-refractivity contribution in [2.75, 3.05) is 20.3 Å². The van der Waals surface area contributed by atoms with E-state index in [1.807, 2.05) is 24.3 Å². The summed E-state index contributed by atoms with van der Waals surface area (Å²) in [6, 6.07) is 12.1. The lowest BCUT2D eigenvalue weighted by Gasteiger charge is -2.10. The zero-order valence-electron chi connectivity index (χ0n) is 14.2. The summed E-state index contributed by atoms with van der Waals surface area (Å²) in [6.45, 7) is 1.93. The number of hydrogen-bond acceptors (Lipinski definition) is 5. The monoisotopic (exact) mass is 344 g/mol. The van der Waals surface area contributed by atoms with Crippen molar-refractivity contribution in [3.8, 4) is 11.5 Å². The fourth-order valence-electron chi connectivity index (χ4n) is 2.33. The van der Waals surface area contributed by atoms with E-state index in [-0.39, 0.29) is 24.0 Å². The minimum Gasteiger partial charge on any atom is -0.496 e. The molecule has 1 amide bonds. The fraction of sp³-hybridized carbons (Fsp3) is 0.278. The molecule has 1 N–H and O–H groups in total. The number of rotatable bonds is 8. The zero-order valence-corrected chi connectivity index (χ0v) is 14.2. The minimum atomic E-state index is -0.533. The highest BCUT2D eigenvalue weighted by molar-refractivity contribution is 5.77. The molecule has 2 aromatic rings. The Bertz CT molecular complexity index is 761. The second kappa shape index (κ2) is 8.68. The van der Waals surface area contributed by atoms with E-state index in [1.54, 1.807) is 26.2 Å². The van der Waals surface area contributed by atoms with Crippen molar-refractivity contribution >= 4 is 11.6 Å². The molecule has 0 aliphatic carbocycles. The quantitative estimate of drug-likeness (QED) is 0.587.